The predicted octanol–water partition coefficient (Wildman–Crippen LogP) is 3.19. The van der Waals surface area contributed by atoms with Crippen LogP contribution in [0.4, 0.5) is 14.6 Å². The fraction of sp³-hybridized carbons (Fsp3) is 0.200. The van der Waals surface area contributed by atoms with Gasteiger partial charge in [-0.05, 0) is 43.2 Å². The molecule has 3 nitrogen and oxygen atoms in total. The Kier molecular flexibility index (Phi) is 4.26. The fourth-order valence-corrected chi connectivity index (χ4v) is 1.86. The normalized spacial score (nSPS) is 10.1. The summed E-state index contributed by atoms with van der Waals surface area (Å²) in [6.45, 7) is 2.27. The summed E-state index contributed by atoms with van der Waals surface area (Å²) >= 11 is 0. The number of hydrogen-bond acceptors (Lipinski definition) is 3. The summed E-state index contributed by atoms with van der Waals surface area (Å²) in [5.41, 5.74) is 1.80. The minimum Gasteiger partial charge on any atom is -0.369 e. The standard InChI is InChI=1S/C15H13F2N3/c1-10-2-3-12(9-18)15(20-10)19-5-4-11-6-13(16)8-14(17)7-11/h2-3,6-8H,4-5H2,1H3,(H,19,20). The van der Waals surface area contributed by atoms with Crippen LogP contribution in [0.2, 0.25) is 0 Å². The Bertz CT molecular complexity index is 642. The van der Waals surface area contributed by atoms with E-state index in [0.717, 1.165) is 11.8 Å². The van der Waals surface area contributed by atoms with Gasteiger partial charge in [-0.3, -0.25) is 0 Å². The van der Waals surface area contributed by atoms with Gasteiger partial charge in [-0.1, -0.05) is 0 Å². The number of rotatable bonds is 4. The maximum atomic E-state index is 13.0. The second-order valence-corrected chi connectivity index (χ2v) is 4.42. The van der Waals surface area contributed by atoms with Gasteiger partial charge in [0.15, 0.2) is 0 Å². The summed E-state index contributed by atoms with van der Waals surface area (Å²) in [7, 11) is 0. The molecule has 1 aromatic carbocycles. The van der Waals surface area contributed by atoms with Crippen LogP contribution in [0.3, 0.4) is 0 Å². The van der Waals surface area contributed by atoms with E-state index in [0.29, 0.717) is 29.9 Å². The van der Waals surface area contributed by atoms with Crippen LogP contribution in [-0.2, 0) is 6.42 Å². The van der Waals surface area contributed by atoms with Gasteiger partial charge in [0.05, 0.1) is 5.56 Å². The highest BCUT2D eigenvalue weighted by molar-refractivity contribution is 5.52. The number of nitrogens with zero attached hydrogens (tertiary/aromatic N) is 2. The Morgan fingerprint density at radius 1 is 1.20 bits per heavy atom. The summed E-state index contributed by atoms with van der Waals surface area (Å²) in [5, 5.41) is 12.0. The first kappa shape index (κ1) is 13.9. The van der Waals surface area contributed by atoms with Gasteiger partial charge in [-0.15, -0.1) is 0 Å². The van der Waals surface area contributed by atoms with Gasteiger partial charge >= 0.3 is 0 Å². The van der Waals surface area contributed by atoms with Crippen molar-refractivity contribution in [3.8, 4) is 6.07 Å². The van der Waals surface area contributed by atoms with Crippen LogP contribution in [0, 0.1) is 29.9 Å². The predicted molar refractivity (Wildman–Crippen MR) is 72.2 cm³/mol. The molecule has 5 heteroatoms. The topological polar surface area (TPSA) is 48.7 Å². The van der Waals surface area contributed by atoms with E-state index in [9.17, 15) is 8.78 Å². The van der Waals surface area contributed by atoms with Crippen LogP contribution < -0.4 is 5.32 Å². The molecule has 0 saturated carbocycles. The Morgan fingerprint density at radius 2 is 1.90 bits per heavy atom. The van der Waals surface area contributed by atoms with Crippen molar-refractivity contribution in [2.75, 3.05) is 11.9 Å². The summed E-state index contributed by atoms with van der Waals surface area (Å²) in [6, 6.07) is 8.91. The fourth-order valence-electron chi connectivity index (χ4n) is 1.86. The van der Waals surface area contributed by atoms with Gasteiger partial charge in [0.2, 0.25) is 0 Å². The van der Waals surface area contributed by atoms with Crippen molar-refractivity contribution in [1.29, 1.82) is 5.26 Å². The largest absolute Gasteiger partial charge is 0.369 e. The maximum absolute atomic E-state index is 13.0. The monoisotopic (exact) mass is 273 g/mol. The second-order valence-electron chi connectivity index (χ2n) is 4.42. The minimum absolute atomic E-state index is 0.439. The molecule has 2 aromatic rings. The van der Waals surface area contributed by atoms with E-state index in [1.807, 2.05) is 13.0 Å². The van der Waals surface area contributed by atoms with Gasteiger partial charge in [0.25, 0.3) is 0 Å². The average Bonchev–Trinajstić information content (AvgIpc) is 2.38. The molecule has 0 fully saturated rings. The summed E-state index contributed by atoms with van der Waals surface area (Å²) in [5.74, 6) is -0.692. The molecule has 102 valence electrons. The van der Waals surface area contributed by atoms with Crippen LogP contribution in [0.1, 0.15) is 16.8 Å². The van der Waals surface area contributed by atoms with Crippen molar-refractivity contribution in [3.05, 3.63) is 58.8 Å². The van der Waals surface area contributed by atoms with E-state index < -0.39 is 11.6 Å². The maximum Gasteiger partial charge on any atom is 0.144 e. The number of nitrogens with one attached hydrogen (secondary N) is 1. The van der Waals surface area contributed by atoms with Crippen molar-refractivity contribution in [2.24, 2.45) is 0 Å². The number of nitriles is 1. The zero-order chi connectivity index (χ0) is 14.5. The lowest BCUT2D eigenvalue weighted by atomic mass is 10.1. The van der Waals surface area contributed by atoms with Crippen LogP contribution in [0.15, 0.2) is 30.3 Å². The van der Waals surface area contributed by atoms with E-state index >= 15 is 0 Å². The number of aryl methyl sites for hydroxylation is 1. The third kappa shape index (κ3) is 3.51. The lowest BCUT2D eigenvalue weighted by Crippen LogP contribution is -2.08. The molecule has 0 atom stereocenters. The first-order chi connectivity index (χ1) is 9.58. The number of hydrogen-bond donors (Lipinski definition) is 1. The molecular weight excluding hydrogens is 260 g/mol. The molecule has 0 aliphatic carbocycles. The molecule has 0 saturated heterocycles. The van der Waals surface area contributed by atoms with Gasteiger partial charge in [0, 0.05) is 18.3 Å². The molecule has 2 rings (SSSR count). The zero-order valence-electron chi connectivity index (χ0n) is 11.0. The van der Waals surface area contributed by atoms with E-state index in [2.05, 4.69) is 10.3 Å². The third-order valence-electron chi connectivity index (χ3n) is 2.78. The molecule has 0 amide bonds. The Morgan fingerprint density at radius 3 is 2.55 bits per heavy atom. The van der Waals surface area contributed by atoms with Crippen LogP contribution >= 0.6 is 0 Å². The molecule has 1 heterocycles. The van der Waals surface area contributed by atoms with Crippen molar-refractivity contribution >= 4 is 5.82 Å². The molecule has 0 aliphatic heterocycles. The first-order valence-electron chi connectivity index (χ1n) is 6.15. The molecule has 0 spiro atoms. The van der Waals surface area contributed by atoms with Crippen LogP contribution in [-0.4, -0.2) is 11.5 Å². The summed E-state index contributed by atoms with van der Waals surface area (Å²) in [4.78, 5) is 4.23. The summed E-state index contributed by atoms with van der Waals surface area (Å²) in [6.07, 6.45) is 0.440. The number of halogens is 2. The molecule has 20 heavy (non-hydrogen) atoms. The van der Waals surface area contributed by atoms with Gasteiger partial charge in [-0.25, -0.2) is 13.8 Å². The van der Waals surface area contributed by atoms with Crippen molar-refractivity contribution < 1.29 is 8.78 Å². The second kappa shape index (κ2) is 6.11. The van der Waals surface area contributed by atoms with Gasteiger partial charge in [0.1, 0.15) is 23.5 Å². The Hall–Kier alpha value is -2.48. The van der Waals surface area contributed by atoms with Crippen LogP contribution in [0.5, 0.6) is 0 Å². The zero-order valence-corrected chi connectivity index (χ0v) is 11.0. The molecule has 1 aromatic heterocycles. The van der Waals surface area contributed by atoms with Crippen molar-refractivity contribution in [2.45, 2.75) is 13.3 Å². The molecule has 0 unspecified atom stereocenters. The molecule has 0 bridgehead atoms. The minimum atomic E-state index is -0.591. The number of anilines is 1. The lowest BCUT2D eigenvalue weighted by molar-refractivity contribution is 0.580. The highest BCUT2D eigenvalue weighted by atomic mass is 19.1. The Balaban J connectivity index is 2.03. The smallest absolute Gasteiger partial charge is 0.144 e. The molecule has 0 radical (unpaired) electrons. The van der Waals surface area contributed by atoms with E-state index in [1.165, 1.54) is 12.1 Å². The number of benzene rings is 1. The highest BCUT2D eigenvalue weighted by Gasteiger charge is 2.04. The lowest BCUT2D eigenvalue weighted by Gasteiger charge is -2.08. The molecule has 0 aliphatic rings. The average molecular weight is 273 g/mol. The number of pyridine rings is 1. The molecule has 1 N–H and O–H groups in total. The van der Waals surface area contributed by atoms with Crippen molar-refractivity contribution in [3.63, 3.8) is 0 Å². The summed E-state index contributed by atoms with van der Waals surface area (Å²) < 4.78 is 26.1. The first-order valence-corrected chi connectivity index (χ1v) is 6.15. The van der Waals surface area contributed by atoms with Crippen LogP contribution in [0.25, 0.3) is 0 Å². The SMILES string of the molecule is Cc1ccc(C#N)c(NCCc2cc(F)cc(F)c2)n1. The van der Waals surface area contributed by atoms with Gasteiger partial charge < -0.3 is 5.32 Å². The number of aromatic nitrogens is 1. The van der Waals surface area contributed by atoms with E-state index in [1.54, 1.807) is 12.1 Å². The highest BCUT2D eigenvalue weighted by Crippen LogP contribution is 2.13. The third-order valence-corrected chi connectivity index (χ3v) is 2.78. The van der Waals surface area contributed by atoms with E-state index in [4.69, 9.17) is 5.26 Å². The van der Waals surface area contributed by atoms with E-state index in [-0.39, 0.29) is 0 Å². The van der Waals surface area contributed by atoms with Crippen molar-refractivity contribution in [1.82, 2.24) is 4.98 Å². The van der Waals surface area contributed by atoms with Gasteiger partial charge in [-0.2, -0.15) is 5.26 Å². The molecular formula is C15H13F2N3. The Labute approximate surface area is 115 Å². The quantitative estimate of drug-likeness (QED) is 0.930.